The van der Waals surface area contributed by atoms with Gasteiger partial charge in [0, 0.05) is 37.5 Å². The molecular formula is C20H23N5O3. The minimum atomic E-state index is -0.120. The lowest BCUT2D eigenvalue weighted by Gasteiger charge is -2.30. The highest BCUT2D eigenvalue weighted by Crippen LogP contribution is 2.28. The van der Waals surface area contributed by atoms with Crippen molar-refractivity contribution in [3.05, 3.63) is 52.2 Å². The molecular weight excluding hydrogens is 358 g/mol. The smallest absolute Gasteiger partial charge is 0.260 e. The van der Waals surface area contributed by atoms with Crippen molar-refractivity contribution in [1.29, 1.82) is 0 Å². The van der Waals surface area contributed by atoms with Crippen LogP contribution in [-0.2, 0) is 7.05 Å². The molecule has 0 atom stereocenters. The minimum Gasteiger partial charge on any atom is -0.339 e. The topological polar surface area (TPSA) is 94.1 Å². The second-order valence-electron chi connectivity index (χ2n) is 7.60. The average molecular weight is 381 g/mol. The molecule has 2 aromatic heterocycles. The molecule has 1 amide bonds. The molecule has 0 saturated carbocycles. The Morgan fingerprint density at radius 1 is 1.25 bits per heavy atom. The first-order valence-corrected chi connectivity index (χ1v) is 9.52. The number of amides is 1. The first kappa shape index (κ1) is 18.3. The number of carbonyl (C=O) groups excluding carboxylic acids is 1. The molecule has 1 aliphatic heterocycles. The minimum absolute atomic E-state index is 0.0452. The fraction of sp³-hybridized carbons (Fsp3) is 0.450. The molecule has 1 aromatic carbocycles. The Morgan fingerprint density at radius 3 is 2.68 bits per heavy atom. The van der Waals surface area contributed by atoms with Crippen molar-refractivity contribution in [3.8, 4) is 0 Å². The average Bonchev–Trinajstić information content (AvgIpc) is 3.21. The van der Waals surface area contributed by atoms with Gasteiger partial charge in [0.2, 0.25) is 5.89 Å². The molecule has 1 saturated heterocycles. The maximum atomic E-state index is 12.9. The van der Waals surface area contributed by atoms with Gasteiger partial charge in [-0.2, -0.15) is 4.98 Å². The third-order valence-electron chi connectivity index (χ3n) is 5.27. The fourth-order valence-corrected chi connectivity index (χ4v) is 3.50. The van der Waals surface area contributed by atoms with Crippen LogP contribution in [-0.4, -0.2) is 43.6 Å². The highest BCUT2D eigenvalue weighted by molar-refractivity contribution is 5.97. The van der Waals surface area contributed by atoms with Gasteiger partial charge in [-0.3, -0.25) is 9.59 Å². The third kappa shape index (κ3) is 3.30. The van der Waals surface area contributed by atoms with Crippen LogP contribution in [0.1, 0.15) is 60.6 Å². The van der Waals surface area contributed by atoms with E-state index in [1.54, 1.807) is 25.2 Å². The van der Waals surface area contributed by atoms with Gasteiger partial charge < -0.3 is 14.0 Å². The molecule has 3 heterocycles. The van der Waals surface area contributed by atoms with E-state index in [-0.39, 0.29) is 23.3 Å². The number of aryl methyl sites for hydroxylation is 1. The lowest BCUT2D eigenvalue weighted by molar-refractivity contribution is 0.0704. The van der Waals surface area contributed by atoms with E-state index >= 15 is 0 Å². The normalized spacial score (nSPS) is 15.5. The van der Waals surface area contributed by atoms with Crippen molar-refractivity contribution < 1.29 is 9.32 Å². The van der Waals surface area contributed by atoms with Crippen LogP contribution in [0.15, 0.2) is 33.8 Å². The summed E-state index contributed by atoms with van der Waals surface area (Å²) in [5.74, 6) is 1.77. The number of hydrogen-bond donors (Lipinski definition) is 0. The number of fused-ring (bicyclic) bond motifs is 1. The van der Waals surface area contributed by atoms with E-state index in [2.05, 4.69) is 15.1 Å². The number of aromatic nitrogens is 4. The van der Waals surface area contributed by atoms with Gasteiger partial charge in [0.05, 0.1) is 17.2 Å². The predicted molar refractivity (Wildman–Crippen MR) is 103 cm³/mol. The fourth-order valence-electron chi connectivity index (χ4n) is 3.50. The van der Waals surface area contributed by atoms with Crippen LogP contribution < -0.4 is 5.56 Å². The molecule has 0 spiro atoms. The van der Waals surface area contributed by atoms with Gasteiger partial charge in [0.15, 0.2) is 5.82 Å². The molecule has 28 heavy (non-hydrogen) atoms. The van der Waals surface area contributed by atoms with E-state index in [1.165, 1.54) is 10.9 Å². The molecule has 3 aromatic rings. The quantitative estimate of drug-likeness (QED) is 0.692. The van der Waals surface area contributed by atoms with E-state index in [0.29, 0.717) is 35.4 Å². The summed E-state index contributed by atoms with van der Waals surface area (Å²) < 4.78 is 6.84. The molecule has 4 rings (SSSR count). The third-order valence-corrected chi connectivity index (χ3v) is 5.27. The van der Waals surface area contributed by atoms with E-state index in [9.17, 15) is 9.59 Å². The van der Waals surface area contributed by atoms with Crippen LogP contribution in [0.2, 0.25) is 0 Å². The van der Waals surface area contributed by atoms with E-state index < -0.39 is 0 Å². The largest absolute Gasteiger partial charge is 0.339 e. The monoisotopic (exact) mass is 381 g/mol. The van der Waals surface area contributed by atoms with Gasteiger partial charge in [-0.25, -0.2) is 4.98 Å². The Balaban J connectivity index is 1.47. The second-order valence-corrected chi connectivity index (χ2v) is 7.60. The maximum Gasteiger partial charge on any atom is 0.260 e. The number of piperidine rings is 1. The van der Waals surface area contributed by atoms with Crippen LogP contribution in [0.5, 0.6) is 0 Å². The Bertz CT molecular complexity index is 1080. The van der Waals surface area contributed by atoms with Crippen LogP contribution in [0, 0.1) is 0 Å². The SMILES string of the molecule is CC(C)c1noc(C2CCN(C(=O)c3ccc4c(=O)n(C)cnc4c3)CC2)n1. The van der Waals surface area contributed by atoms with Crippen molar-refractivity contribution in [2.45, 2.75) is 38.5 Å². The van der Waals surface area contributed by atoms with Crippen LogP contribution >= 0.6 is 0 Å². The summed E-state index contributed by atoms with van der Waals surface area (Å²) in [6.07, 6.45) is 3.05. The molecule has 8 heteroatoms. The van der Waals surface area contributed by atoms with Gasteiger partial charge >= 0.3 is 0 Å². The number of nitrogens with zero attached hydrogens (tertiary/aromatic N) is 5. The van der Waals surface area contributed by atoms with Crippen molar-refractivity contribution in [2.75, 3.05) is 13.1 Å². The predicted octanol–water partition coefficient (Wildman–Crippen LogP) is 2.46. The van der Waals surface area contributed by atoms with Gasteiger partial charge in [-0.05, 0) is 31.0 Å². The first-order valence-electron chi connectivity index (χ1n) is 9.52. The van der Waals surface area contributed by atoms with Crippen LogP contribution in [0.3, 0.4) is 0 Å². The zero-order valence-electron chi connectivity index (χ0n) is 16.3. The van der Waals surface area contributed by atoms with Gasteiger partial charge in [0.1, 0.15) is 0 Å². The van der Waals surface area contributed by atoms with Gasteiger partial charge in [0.25, 0.3) is 11.5 Å². The lowest BCUT2D eigenvalue weighted by atomic mass is 9.96. The van der Waals surface area contributed by atoms with Crippen molar-refractivity contribution in [2.24, 2.45) is 7.05 Å². The number of rotatable bonds is 3. The zero-order chi connectivity index (χ0) is 19.8. The maximum absolute atomic E-state index is 12.9. The molecule has 0 radical (unpaired) electrons. The molecule has 146 valence electrons. The Kier molecular flexibility index (Phi) is 4.70. The zero-order valence-corrected chi connectivity index (χ0v) is 16.3. The number of carbonyl (C=O) groups is 1. The summed E-state index contributed by atoms with van der Waals surface area (Å²) in [6, 6.07) is 5.07. The highest BCUT2D eigenvalue weighted by Gasteiger charge is 2.28. The van der Waals surface area contributed by atoms with E-state index in [4.69, 9.17) is 4.52 Å². The van der Waals surface area contributed by atoms with E-state index in [0.717, 1.165) is 18.7 Å². The summed E-state index contributed by atoms with van der Waals surface area (Å²) in [5.41, 5.74) is 0.965. The Labute approximate surface area is 162 Å². The molecule has 1 fully saturated rings. The van der Waals surface area contributed by atoms with Gasteiger partial charge in [-0.1, -0.05) is 19.0 Å². The highest BCUT2D eigenvalue weighted by atomic mass is 16.5. The van der Waals surface area contributed by atoms with Gasteiger partial charge in [-0.15, -0.1) is 0 Å². The first-order chi connectivity index (χ1) is 13.4. The summed E-state index contributed by atoms with van der Waals surface area (Å²) in [4.78, 5) is 35.6. The van der Waals surface area contributed by atoms with E-state index in [1.807, 2.05) is 18.7 Å². The summed E-state index contributed by atoms with van der Waals surface area (Å²) in [7, 11) is 1.66. The van der Waals surface area contributed by atoms with Crippen molar-refractivity contribution in [1.82, 2.24) is 24.6 Å². The summed E-state index contributed by atoms with van der Waals surface area (Å²) in [6.45, 7) is 5.32. The summed E-state index contributed by atoms with van der Waals surface area (Å²) in [5, 5.41) is 4.55. The standard InChI is InChI=1S/C20H23N5O3/c1-12(2)17-22-18(28-23-17)13-6-8-25(9-7-13)19(26)14-4-5-15-16(10-14)21-11-24(3)20(15)27/h4-5,10-13H,6-9H2,1-3H3. The molecule has 0 N–H and O–H groups in total. The van der Waals surface area contributed by atoms with Crippen LogP contribution in [0.25, 0.3) is 10.9 Å². The number of likely N-dealkylation sites (tertiary alicyclic amines) is 1. The number of benzene rings is 1. The Hall–Kier alpha value is -3.03. The molecule has 0 aliphatic carbocycles. The number of hydrogen-bond acceptors (Lipinski definition) is 6. The molecule has 8 nitrogen and oxygen atoms in total. The van der Waals surface area contributed by atoms with Crippen molar-refractivity contribution in [3.63, 3.8) is 0 Å². The molecule has 1 aliphatic rings. The Morgan fingerprint density at radius 2 is 2.00 bits per heavy atom. The molecule has 0 unspecified atom stereocenters. The van der Waals surface area contributed by atoms with Crippen LogP contribution in [0.4, 0.5) is 0 Å². The lowest BCUT2D eigenvalue weighted by Crippen LogP contribution is -2.38. The van der Waals surface area contributed by atoms with Crippen molar-refractivity contribution >= 4 is 16.8 Å². The second kappa shape index (κ2) is 7.18. The molecule has 0 bridgehead atoms. The summed E-state index contributed by atoms with van der Waals surface area (Å²) >= 11 is 0.